The molecular formula is C29H24N4O3. The van der Waals surface area contributed by atoms with Crippen LogP contribution in [0.25, 0.3) is 28.4 Å². The van der Waals surface area contributed by atoms with Crippen molar-refractivity contribution < 1.29 is 13.9 Å². The Morgan fingerprint density at radius 2 is 1.64 bits per heavy atom. The predicted molar refractivity (Wildman–Crippen MR) is 137 cm³/mol. The Balaban J connectivity index is 1.28. The number of aromatic nitrogens is 4. The van der Waals surface area contributed by atoms with Gasteiger partial charge in [-0.25, -0.2) is 4.98 Å². The molecule has 2 heterocycles. The molecule has 0 saturated heterocycles. The molecule has 178 valence electrons. The lowest BCUT2D eigenvalue weighted by Gasteiger charge is -2.06. The van der Waals surface area contributed by atoms with Crippen LogP contribution in [0.1, 0.15) is 21.9 Å². The van der Waals surface area contributed by atoms with E-state index in [1.165, 1.54) is 10.9 Å². The third-order valence-electron chi connectivity index (χ3n) is 5.67. The molecule has 0 N–H and O–H groups in total. The normalized spacial score (nSPS) is 10.8. The highest BCUT2D eigenvalue weighted by Crippen LogP contribution is 2.26. The molecule has 7 heteroatoms. The van der Waals surface area contributed by atoms with Crippen LogP contribution in [0.2, 0.25) is 0 Å². The summed E-state index contributed by atoms with van der Waals surface area (Å²) in [6.07, 6.45) is 1.86. The zero-order chi connectivity index (χ0) is 24.9. The Hall–Kier alpha value is -4.78. The van der Waals surface area contributed by atoms with Crippen molar-refractivity contribution in [1.29, 1.82) is 0 Å². The smallest absolute Gasteiger partial charge is 0.226 e. The van der Waals surface area contributed by atoms with Crippen LogP contribution in [0.15, 0.2) is 102 Å². The number of oxazole rings is 1. The van der Waals surface area contributed by atoms with Crippen molar-refractivity contribution in [2.75, 3.05) is 6.61 Å². The van der Waals surface area contributed by atoms with Crippen molar-refractivity contribution in [1.82, 2.24) is 20.0 Å². The number of aryl methyl sites for hydroxylation is 1. The minimum atomic E-state index is -0.287. The maximum atomic E-state index is 12.4. The molecule has 7 nitrogen and oxygen atoms in total. The zero-order valence-electron chi connectivity index (χ0n) is 19.8. The molecule has 0 radical (unpaired) electrons. The lowest BCUT2D eigenvalue weighted by atomic mass is 10.1. The molecule has 2 aromatic heterocycles. The fraction of sp³-hybridized carbons (Fsp3) is 0.103. The Morgan fingerprint density at radius 3 is 2.33 bits per heavy atom. The number of hydrogen-bond donors (Lipinski definition) is 0. The molecular weight excluding hydrogens is 452 g/mol. The van der Waals surface area contributed by atoms with Crippen molar-refractivity contribution in [2.45, 2.75) is 13.3 Å². The Kier molecular flexibility index (Phi) is 6.53. The summed E-state index contributed by atoms with van der Waals surface area (Å²) in [5.74, 6) is 1.81. The molecule has 0 spiro atoms. The molecule has 0 aliphatic rings. The van der Waals surface area contributed by atoms with Crippen LogP contribution in [0.4, 0.5) is 0 Å². The Morgan fingerprint density at radius 1 is 0.944 bits per heavy atom. The molecule has 0 amide bonds. The zero-order valence-corrected chi connectivity index (χ0v) is 19.8. The fourth-order valence-electron chi connectivity index (χ4n) is 3.78. The maximum Gasteiger partial charge on any atom is 0.226 e. The summed E-state index contributed by atoms with van der Waals surface area (Å²) in [7, 11) is 0. The van der Waals surface area contributed by atoms with E-state index in [0.717, 1.165) is 28.3 Å². The van der Waals surface area contributed by atoms with Crippen LogP contribution in [0.5, 0.6) is 5.75 Å². The predicted octanol–water partition coefficient (Wildman–Crippen LogP) is 5.89. The van der Waals surface area contributed by atoms with Gasteiger partial charge in [0.25, 0.3) is 0 Å². The topological polar surface area (TPSA) is 83.0 Å². The van der Waals surface area contributed by atoms with Gasteiger partial charge in [0.1, 0.15) is 17.2 Å². The largest absolute Gasteiger partial charge is 0.493 e. The summed E-state index contributed by atoms with van der Waals surface area (Å²) in [6.45, 7) is 5.95. The number of benzene rings is 3. The monoisotopic (exact) mass is 476 g/mol. The Labute approximate surface area is 208 Å². The van der Waals surface area contributed by atoms with E-state index in [1.54, 1.807) is 0 Å². The van der Waals surface area contributed by atoms with Gasteiger partial charge in [-0.3, -0.25) is 4.79 Å². The molecule has 36 heavy (non-hydrogen) atoms. The van der Waals surface area contributed by atoms with E-state index in [2.05, 4.69) is 21.8 Å². The molecule has 0 aliphatic carbocycles. The van der Waals surface area contributed by atoms with E-state index in [1.807, 2.05) is 91.9 Å². The molecule has 0 fully saturated rings. The average Bonchev–Trinajstić information content (AvgIpc) is 3.54. The van der Waals surface area contributed by atoms with Crippen LogP contribution in [0.3, 0.4) is 0 Å². The highest BCUT2D eigenvalue weighted by atomic mass is 16.5. The summed E-state index contributed by atoms with van der Waals surface area (Å²) in [6, 6.07) is 26.7. The van der Waals surface area contributed by atoms with E-state index >= 15 is 0 Å². The molecule has 0 aliphatic heterocycles. The second kappa shape index (κ2) is 10.2. The summed E-state index contributed by atoms with van der Waals surface area (Å²) in [5.41, 5.74) is 4.08. The van der Waals surface area contributed by atoms with Crippen molar-refractivity contribution in [3.8, 4) is 34.1 Å². The second-order valence-electron chi connectivity index (χ2n) is 8.10. The highest BCUT2D eigenvalue weighted by Gasteiger charge is 2.19. The standard InChI is InChI=1S/C29H24N4O3/c1-3-26(34)28-27(31-33(32-28)23-12-8-5-9-13-23)21-14-16-24(17-15-21)35-19-18-25-20(2)36-29(30-25)22-10-6-4-7-11-22/h3-17H,1,18-19H2,2H3. The lowest BCUT2D eigenvalue weighted by Crippen LogP contribution is -2.03. The third-order valence-corrected chi connectivity index (χ3v) is 5.67. The number of hydrogen-bond acceptors (Lipinski definition) is 6. The van der Waals surface area contributed by atoms with Crippen molar-refractivity contribution in [3.05, 3.63) is 115 Å². The first-order valence-electron chi connectivity index (χ1n) is 11.6. The van der Waals surface area contributed by atoms with E-state index in [4.69, 9.17) is 9.15 Å². The summed E-state index contributed by atoms with van der Waals surface area (Å²) >= 11 is 0. The maximum absolute atomic E-state index is 12.4. The van der Waals surface area contributed by atoms with Crippen molar-refractivity contribution in [2.24, 2.45) is 0 Å². The van der Waals surface area contributed by atoms with Crippen molar-refractivity contribution in [3.63, 3.8) is 0 Å². The lowest BCUT2D eigenvalue weighted by molar-refractivity contribution is 0.104. The van der Waals surface area contributed by atoms with Gasteiger partial charge in [0.15, 0.2) is 5.69 Å². The van der Waals surface area contributed by atoms with E-state index in [9.17, 15) is 4.79 Å². The molecule has 5 aromatic rings. The number of ether oxygens (including phenoxy) is 1. The number of carbonyl (C=O) groups is 1. The van der Waals surface area contributed by atoms with Crippen LogP contribution in [-0.2, 0) is 6.42 Å². The SMILES string of the molecule is C=CC(=O)c1nn(-c2ccccc2)nc1-c1ccc(OCCc2nc(-c3ccccc3)oc2C)cc1. The first kappa shape index (κ1) is 23.0. The van der Waals surface area contributed by atoms with Gasteiger partial charge in [-0.1, -0.05) is 43.0 Å². The molecule has 0 atom stereocenters. The number of nitrogens with zero attached hydrogens (tertiary/aromatic N) is 4. The molecule has 0 unspecified atom stereocenters. The molecule has 0 bridgehead atoms. The minimum absolute atomic E-state index is 0.248. The number of allylic oxidation sites excluding steroid dienone is 1. The van der Waals surface area contributed by atoms with Gasteiger partial charge in [0.2, 0.25) is 11.7 Å². The number of carbonyl (C=O) groups excluding carboxylic acids is 1. The Bertz CT molecular complexity index is 1490. The quantitative estimate of drug-likeness (QED) is 0.195. The van der Waals surface area contributed by atoms with Crippen LogP contribution < -0.4 is 4.74 Å². The number of para-hydroxylation sites is 1. The van der Waals surface area contributed by atoms with E-state index < -0.39 is 0 Å². The number of rotatable bonds is 9. The van der Waals surface area contributed by atoms with Crippen LogP contribution in [-0.4, -0.2) is 32.4 Å². The molecule has 0 saturated carbocycles. The molecule has 3 aromatic carbocycles. The average molecular weight is 477 g/mol. The summed E-state index contributed by atoms with van der Waals surface area (Å²) in [5, 5.41) is 8.97. The highest BCUT2D eigenvalue weighted by molar-refractivity contribution is 6.06. The van der Waals surface area contributed by atoms with Crippen LogP contribution >= 0.6 is 0 Å². The second-order valence-corrected chi connectivity index (χ2v) is 8.10. The first-order chi connectivity index (χ1) is 17.6. The van der Waals surface area contributed by atoms with E-state index in [0.29, 0.717) is 30.4 Å². The molecule has 5 rings (SSSR count). The minimum Gasteiger partial charge on any atom is -0.493 e. The van der Waals surface area contributed by atoms with Gasteiger partial charge in [-0.15, -0.1) is 10.2 Å². The van der Waals surface area contributed by atoms with Crippen LogP contribution in [0, 0.1) is 6.92 Å². The van der Waals surface area contributed by atoms with Gasteiger partial charge < -0.3 is 9.15 Å². The first-order valence-corrected chi connectivity index (χ1v) is 11.6. The fourth-order valence-corrected chi connectivity index (χ4v) is 3.78. The number of ketones is 1. The van der Waals surface area contributed by atoms with E-state index in [-0.39, 0.29) is 11.5 Å². The van der Waals surface area contributed by atoms with Gasteiger partial charge in [0.05, 0.1) is 18.0 Å². The van der Waals surface area contributed by atoms with Gasteiger partial charge in [-0.05, 0) is 61.5 Å². The van der Waals surface area contributed by atoms with Gasteiger partial charge in [-0.2, -0.15) is 4.80 Å². The summed E-state index contributed by atoms with van der Waals surface area (Å²) < 4.78 is 11.8. The van der Waals surface area contributed by atoms with Gasteiger partial charge >= 0.3 is 0 Å². The summed E-state index contributed by atoms with van der Waals surface area (Å²) in [4.78, 5) is 18.5. The van der Waals surface area contributed by atoms with Gasteiger partial charge in [0, 0.05) is 17.5 Å². The third kappa shape index (κ3) is 4.86. The van der Waals surface area contributed by atoms with Crippen molar-refractivity contribution >= 4 is 5.78 Å².